The zero-order valence-electron chi connectivity index (χ0n) is 18.1. The molecule has 1 atom stereocenters. The molecule has 4 rings (SSSR count). The summed E-state index contributed by atoms with van der Waals surface area (Å²) in [6, 6.07) is 6.43. The molecule has 0 spiro atoms. The maximum Gasteiger partial charge on any atom is 0.341 e. The number of hydrogen-bond donors (Lipinski definition) is 0. The first kappa shape index (κ1) is 20.3. The van der Waals surface area contributed by atoms with E-state index in [9.17, 15) is 4.79 Å². The van der Waals surface area contributed by atoms with Crippen molar-refractivity contribution in [2.24, 2.45) is 0 Å². The molecule has 0 radical (unpaired) electrons. The quantitative estimate of drug-likeness (QED) is 0.588. The lowest BCUT2D eigenvalue weighted by Gasteiger charge is -2.35. The Balaban J connectivity index is 1.79. The Morgan fingerprint density at radius 3 is 2.93 bits per heavy atom. The number of fused-ring (bicyclic) bond motifs is 1. The van der Waals surface area contributed by atoms with Gasteiger partial charge in [0.2, 0.25) is 0 Å². The molecule has 3 heterocycles. The summed E-state index contributed by atoms with van der Waals surface area (Å²) in [6.07, 6.45) is 5.56. The second-order valence-electron chi connectivity index (χ2n) is 8.19. The van der Waals surface area contributed by atoms with Gasteiger partial charge in [0, 0.05) is 36.6 Å². The van der Waals surface area contributed by atoms with Crippen LogP contribution in [0.25, 0.3) is 10.9 Å². The maximum absolute atomic E-state index is 12.8. The third kappa shape index (κ3) is 3.64. The third-order valence-corrected chi connectivity index (χ3v) is 5.83. The van der Waals surface area contributed by atoms with Crippen molar-refractivity contribution < 1.29 is 9.53 Å². The molecule has 1 unspecified atom stereocenters. The smallest absolute Gasteiger partial charge is 0.341 e. The SMILES string of the molecule is CCOC(=O)c1cnc2c(C)cccc2c1N1CCCC(c2nncn2C(C)C)C1. The first-order chi connectivity index (χ1) is 14.5. The van der Waals surface area contributed by atoms with Crippen molar-refractivity contribution in [2.75, 3.05) is 24.6 Å². The molecule has 1 aliphatic rings. The number of anilines is 1. The van der Waals surface area contributed by atoms with Gasteiger partial charge >= 0.3 is 5.97 Å². The van der Waals surface area contributed by atoms with E-state index in [-0.39, 0.29) is 11.9 Å². The number of benzene rings is 1. The van der Waals surface area contributed by atoms with E-state index < -0.39 is 0 Å². The van der Waals surface area contributed by atoms with E-state index in [1.54, 1.807) is 6.20 Å². The van der Waals surface area contributed by atoms with E-state index in [0.29, 0.717) is 18.2 Å². The number of piperidine rings is 1. The standard InChI is InChI=1S/C23H29N5O2/c1-5-30-23(29)19-12-24-20-16(4)8-6-10-18(20)21(19)27-11-7-9-17(13-27)22-26-25-14-28(22)15(2)3/h6,8,10,12,14-15,17H,5,7,9,11,13H2,1-4H3. The lowest BCUT2D eigenvalue weighted by molar-refractivity contribution is 0.0526. The second-order valence-corrected chi connectivity index (χ2v) is 8.19. The van der Waals surface area contributed by atoms with Gasteiger partial charge in [-0.05, 0) is 46.1 Å². The van der Waals surface area contributed by atoms with E-state index >= 15 is 0 Å². The Hall–Kier alpha value is -2.96. The van der Waals surface area contributed by atoms with Gasteiger partial charge in [-0.15, -0.1) is 10.2 Å². The molecule has 1 aliphatic heterocycles. The molecule has 3 aromatic rings. The fraction of sp³-hybridized carbons (Fsp3) is 0.478. The number of rotatable bonds is 5. The molecule has 7 nitrogen and oxygen atoms in total. The highest BCUT2D eigenvalue weighted by molar-refractivity contribution is 6.06. The highest BCUT2D eigenvalue weighted by Crippen LogP contribution is 2.36. The largest absolute Gasteiger partial charge is 0.462 e. The number of aromatic nitrogens is 4. The van der Waals surface area contributed by atoms with Crippen LogP contribution in [0.5, 0.6) is 0 Å². The van der Waals surface area contributed by atoms with E-state index in [2.05, 4.69) is 38.5 Å². The summed E-state index contributed by atoms with van der Waals surface area (Å²) in [5.41, 5.74) is 3.47. The van der Waals surface area contributed by atoms with Crippen LogP contribution in [0.15, 0.2) is 30.7 Å². The Kier molecular flexibility index (Phi) is 5.70. The first-order valence-corrected chi connectivity index (χ1v) is 10.7. The zero-order valence-corrected chi connectivity index (χ0v) is 18.1. The van der Waals surface area contributed by atoms with Crippen LogP contribution in [0, 0.1) is 6.92 Å². The number of ether oxygens (including phenoxy) is 1. The van der Waals surface area contributed by atoms with Gasteiger partial charge in [0.1, 0.15) is 17.7 Å². The summed E-state index contributed by atoms with van der Waals surface area (Å²) in [6.45, 7) is 10.2. The molecule has 1 saturated heterocycles. The number of esters is 1. The minimum Gasteiger partial charge on any atom is -0.462 e. The van der Waals surface area contributed by atoms with Gasteiger partial charge in [-0.1, -0.05) is 18.2 Å². The highest BCUT2D eigenvalue weighted by atomic mass is 16.5. The number of nitrogens with zero attached hydrogens (tertiary/aromatic N) is 5. The number of aryl methyl sites for hydroxylation is 1. The van der Waals surface area contributed by atoms with E-state index in [1.165, 1.54) is 0 Å². The molecule has 7 heteroatoms. The monoisotopic (exact) mass is 407 g/mol. The van der Waals surface area contributed by atoms with Gasteiger partial charge in [0.05, 0.1) is 17.8 Å². The fourth-order valence-corrected chi connectivity index (χ4v) is 4.39. The maximum atomic E-state index is 12.8. The summed E-state index contributed by atoms with van der Waals surface area (Å²) in [5.74, 6) is 0.949. The molecule has 0 saturated carbocycles. The molecule has 158 valence electrons. The van der Waals surface area contributed by atoms with Crippen molar-refractivity contribution in [3.05, 3.63) is 47.7 Å². The van der Waals surface area contributed by atoms with Gasteiger partial charge in [-0.2, -0.15) is 0 Å². The van der Waals surface area contributed by atoms with E-state index in [1.807, 2.05) is 38.4 Å². The summed E-state index contributed by atoms with van der Waals surface area (Å²) in [5, 5.41) is 9.59. The van der Waals surface area contributed by atoms with Gasteiger partial charge in [0.25, 0.3) is 0 Å². The lowest BCUT2D eigenvalue weighted by atomic mass is 9.94. The topological polar surface area (TPSA) is 73.1 Å². The molecule has 0 aliphatic carbocycles. The van der Waals surface area contributed by atoms with Gasteiger partial charge in [0.15, 0.2) is 0 Å². The lowest BCUT2D eigenvalue weighted by Crippen LogP contribution is -2.36. The van der Waals surface area contributed by atoms with Crippen molar-refractivity contribution in [2.45, 2.75) is 52.5 Å². The van der Waals surface area contributed by atoms with E-state index in [4.69, 9.17) is 4.74 Å². The van der Waals surface area contributed by atoms with Crippen molar-refractivity contribution in [1.29, 1.82) is 0 Å². The van der Waals surface area contributed by atoms with Crippen LogP contribution in [0.4, 0.5) is 5.69 Å². The van der Waals surface area contributed by atoms with Crippen LogP contribution < -0.4 is 4.90 Å². The molecular weight excluding hydrogens is 378 g/mol. The zero-order chi connectivity index (χ0) is 21.3. The van der Waals surface area contributed by atoms with Crippen molar-refractivity contribution in [3.8, 4) is 0 Å². The number of hydrogen-bond acceptors (Lipinski definition) is 6. The Bertz CT molecular complexity index is 1060. The molecule has 30 heavy (non-hydrogen) atoms. The molecule has 0 amide bonds. The molecule has 1 fully saturated rings. The highest BCUT2D eigenvalue weighted by Gasteiger charge is 2.30. The van der Waals surface area contributed by atoms with Crippen molar-refractivity contribution in [3.63, 3.8) is 0 Å². The van der Waals surface area contributed by atoms with Gasteiger partial charge in [-0.3, -0.25) is 4.98 Å². The number of carbonyl (C=O) groups excluding carboxylic acids is 1. The molecular formula is C23H29N5O2. The Morgan fingerprint density at radius 2 is 2.17 bits per heavy atom. The van der Waals surface area contributed by atoms with Crippen molar-refractivity contribution in [1.82, 2.24) is 19.7 Å². The Labute approximate surface area is 177 Å². The molecule has 1 aromatic carbocycles. The predicted molar refractivity (Wildman–Crippen MR) is 117 cm³/mol. The van der Waals surface area contributed by atoms with Crippen molar-refractivity contribution >= 4 is 22.6 Å². The molecule has 0 bridgehead atoms. The number of pyridine rings is 1. The second kappa shape index (κ2) is 8.42. The minimum atomic E-state index is -0.323. The number of carbonyl (C=O) groups is 1. The molecule has 2 aromatic heterocycles. The van der Waals surface area contributed by atoms with Crippen LogP contribution in [0.1, 0.15) is 67.3 Å². The summed E-state index contributed by atoms with van der Waals surface area (Å²) >= 11 is 0. The minimum absolute atomic E-state index is 0.256. The van der Waals surface area contributed by atoms with Crippen LogP contribution in [-0.2, 0) is 4.74 Å². The van der Waals surface area contributed by atoms with Crippen LogP contribution in [-0.4, -0.2) is 45.4 Å². The van der Waals surface area contributed by atoms with Gasteiger partial charge < -0.3 is 14.2 Å². The summed E-state index contributed by atoms with van der Waals surface area (Å²) in [4.78, 5) is 19.7. The third-order valence-electron chi connectivity index (χ3n) is 5.83. The van der Waals surface area contributed by atoms with Crippen LogP contribution >= 0.6 is 0 Å². The first-order valence-electron chi connectivity index (χ1n) is 10.7. The Morgan fingerprint density at radius 1 is 1.33 bits per heavy atom. The normalized spacial score (nSPS) is 17.0. The number of para-hydroxylation sites is 1. The average Bonchev–Trinajstić information content (AvgIpc) is 3.24. The average molecular weight is 408 g/mol. The summed E-state index contributed by atoms with van der Waals surface area (Å²) in [7, 11) is 0. The predicted octanol–water partition coefficient (Wildman–Crippen LogP) is 4.28. The summed E-state index contributed by atoms with van der Waals surface area (Å²) < 4.78 is 7.50. The van der Waals surface area contributed by atoms with Crippen LogP contribution in [0.2, 0.25) is 0 Å². The molecule has 0 N–H and O–H groups in total. The van der Waals surface area contributed by atoms with E-state index in [0.717, 1.165) is 53.9 Å². The van der Waals surface area contributed by atoms with Gasteiger partial charge in [-0.25, -0.2) is 4.79 Å². The van der Waals surface area contributed by atoms with Crippen LogP contribution in [0.3, 0.4) is 0 Å². The fourth-order valence-electron chi connectivity index (χ4n) is 4.39.